The molecule has 13 heavy (non-hydrogen) atoms. The molecule has 0 bridgehead atoms. The molecule has 1 heterocycles. The van der Waals surface area contributed by atoms with Crippen LogP contribution in [-0.4, -0.2) is 4.98 Å². The van der Waals surface area contributed by atoms with Gasteiger partial charge in [-0.25, -0.2) is 4.98 Å². The van der Waals surface area contributed by atoms with Crippen molar-refractivity contribution >= 4 is 37.5 Å². The summed E-state index contributed by atoms with van der Waals surface area (Å²) in [6.45, 7) is 4.27. The molecule has 0 saturated carbocycles. The molecule has 1 aromatic carbocycles. The Bertz CT molecular complexity index is 447. The fourth-order valence-electron chi connectivity index (χ4n) is 1.30. The summed E-state index contributed by atoms with van der Waals surface area (Å²) in [6.07, 6.45) is 1.02. The highest BCUT2D eigenvalue weighted by Crippen LogP contribution is 2.30. The van der Waals surface area contributed by atoms with Gasteiger partial charge in [0.1, 0.15) is 0 Å². The number of benzene rings is 1. The fourth-order valence-corrected chi connectivity index (χ4v) is 2.76. The number of hydrogen-bond donors (Lipinski definition) is 0. The molecule has 0 spiro atoms. The maximum absolute atomic E-state index is 4.53. The second-order valence-electron chi connectivity index (χ2n) is 2.98. The lowest BCUT2D eigenvalue weighted by atomic mass is 10.2. The van der Waals surface area contributed by atoms with E-state index >= 15 is 0 Å². The third-order valence-electron chi connectivity index (χ3n) is 2.09. The number of halogens is 1. The lowest BCUT2D eigenvalue weighted by molar-refractivity contribution is 1.11. The lowest BCUT2D eigenvalue weighted by Crippen LogP contribution is -1.76. The largest absolute Gasteiger partial charge is 0.241 e. The van der Waals surface area contributed by atoms with E-state index in [1.165, 1.54) is 19.7 Å². The molecule has 0 aliphatic heterocycles. The van der Waals surface area contributed by atoms with E-state index in [0.29, 0.717) is 0 Å². The minimum atomic E-state index is 1.02. The van der Waals surface area contributed by atoms with Crippen LogP contribution in [0.15, 0.2) is 16.6 Å². The second-order valence-corrected chi connectivity index (χ2v) is 4.92. The Hall–Kier alpha value is -0.410. The molecule has 0 atom stereocenters. The third kappa shape index (κ3) is 1.51. The Morgan fingerprint density at radius 1 is 1.46 bits per heavy atom. The zero-order chi connectivity index (χ0) is 9.42. The first-order chi connectivity index (χ1) is 6.22. The van der Waals surface area contributed by atoms with Gasteiger partial charge in [0.25, 0.3) is 0 Å². The van der Waals surface area contributed by atoms with Crippen molar-refractivity contribution in [3.05, 3.63) is 27.2 Å². The Balaban J connectivity index is 2.76. The predicted octanol–water partition coefficient (Wildman–Crippen LogP) is 3.93. The van der Waals surface area contributed by atoms with Crippen LogP contribution in [0.25, 0.3) is 10.2 Å². The van der Waals surface area contributed by atoms with Crippen molar-refractivity contribution in [2.45, 2.75) is 20.3 Å². The Labute approximate surface area is 89.9 Å². The molecule has 68 valence electrons. The fraction of sp³-hybridized carbons (Fsp3) is 0.300. The van der Waals surface area contributed by atoms with E-state index in [1.54, 1.807) is 11.3 Å². The summed E-state index contributed by atoms with van der Waals surface area (Å²) in [6, 6.07) is 4.14. The number of hydrogen-bond acceptors (Lipinski definition) is 2. The Morgan fingerprint density at radius 2 is 2.23 bits per heavy atom. The average molecular weight is 256 g/mol. The zero-order valence-corrected chi connectivity index (χ0v) is 10.00. The van der Waals surface area contributed by atoms with Crippen molar-refractivity contribution in [2.75, 3.05) is 0 Å². The summed E-state index contributed by atoms with van der Waals surface area (Å²) < 4.78 is 2.48. The Kier molecular flexibility index (Phi) is 2.39. The van der Waals surface area contributed by atoms with Gasteiger partial charge in [0.15, 0.2) is 0 Å². The summed E-state index contributed by atoms with van der Waals surface area (Å²) in [5.41, 5.74) is 2.43. The molecule has 0 aliphatic rings. The number of fused-ring (bicyclic) bond motifs is 1. The number of aryl methyl sites for hydroxylation is 2. The van der Waals surface area contributed by atoms with Crippen LogP contribution in [0.1, 0.15) is 17.5 Å². The molecule has 0 N–H and O–H groups in total. The summed E-state index contributed by atoms with van der Waals surface area (Å²) >= 11 is 5.32. The molecule has 1 nitrogen and oxygen atoms in total. The molecule has 0 amide bonds. The van der Waals surface area contributed by atoms with E-state index < -0.39 is 0 Å². The van der Waals surface area contributed by atoms with Gasteiger partial charge >= 0.3 is 0 Å². The zero-order valence-electron chi connectivity index (χ0n) is 7.60. The summed E-state index contributed by atoms with van der Waals surface area (Å²) in [4.78, 5) is 4.53. The average Bonchev–Trinajstić information content (AvgIpc) is 2.55. The summed E-state index contributed by atoms with van der Waals surface area (Å²) in [7, 11) is 0. The van der Waals surface area contributed by atoms with Crippen molar-refractivity contribution in [2.24, 2.45) is 0 Å². The molecule has 0 radical (unpaired) electrons. The maximum Gasteiger partial charge on any atom is 0.0935 e. The van der Waals surface area contributed by atoms with E-state index in [-0.39, 0.29) is 0 Å². The first kappa shape index (κ1) is 9.16. The van der Waals surface area contributed by atoms with Gasteiger partial charge < -0.3 is 0 Å². The van der Waals surface area contributed by atoms with Crippen LogP contribution >= 0.6 is 27.3 Å². The first-order valence-corrected chi connectivity index (χ1v) is 5.88. The van der Waals surface area contributed by atoms with Crippen LogP contribution in [0.5, 0.6) is 0 Å². The minimum Gasteiger partial charge on any atom is -0.241 e. The molecular formula is C10H10BrNS. The smallest absolute Gasteiger partial charge is 0.0935 e. The van der Waals surface area contributed by atoms with E-state index in [2.05, 4.69) is 46.9 Å². The molecule has 0 unspecified atom stereocenters. The lowest BCUT2D eigenvalue weighted by Gasteiger charge is -1.96. The number of thiazole rings is 1. The molecule has 0 fully saturated rings. The van der Waals surface area contributed by atoms with Gasteiger partial charge in [-0.05, 0) is 31.0 Å². The van der Waals surface area contributed by atoms with Gasteiger partial charge in [-0.3, -0.25) is 0 Å². The predicted molar refractivity (Wildman–Crippen MR) is 61.4 cm³/mol. The molecule has 1 aromatic heterocycles. The molecule has 0 aliphatic carbocycles. The second kappa shape index (κ2) is 3.39. The third-order valence-corrected chi connectivity index (χ3v) is 4.28. The van der Waals surface area contributed by atoms with Gasteiger partial charge in [-0.2, -0.15) is 0 Å². The van der Waals surface area contributed by atoms with Crippen molar-refractivity contribution in [1.82, 2.24) is 4.98 Å². The maximum atomic E-state index is 4.53. The highest BCUT2D eigenvalue weighted by molar-refractivity contribution is 9.10. The normalized spacial score (nSPS) is 11.0. The van der Waals surface area contributed by atoms with Crippen LogP contribution < -0.4 is 0 Å². The SMILES string of the molecule is CCc1nc2ccc(Br)c(C)c2s1. The van der Waals surface area contributed by atoms with Crippen molar-refractivity contribution < 1.29 is 0 Å². The molecule has 0 saturated heterocycles. The van der Waals surface area contributed by atoms with Crippen LogP contribution in [0.3, 0.4) is 0 Å². The van der Waals surface area contributed by atoms with Crippen molar-refractivity contribution in [3.63, 3.8) is 0 Å². The van der Waals surface area contributed by atoms with Crippen LogP contribution in [-0.2, 0) is 6.42 Å². The van der Waals surface area contributed by atoms with Crippen LogP contribution in [0.4, 0.5) is 0 Å². The molecular weight excluding hydrogens is 246 g/mol. The highest BCUT2D eigenvalue weighted by atomic mass is 79.9. The molecule has 2 rings (SSSR count). The summed E-state index contributed by atoms with van der Waals surface area (Å²) in [5, 5.41) is 1.22. The Morgan fingerprint density at radius 3 is 2.92 bits per heavy atom. The number of aromatic nitrogens is 1. The quantitative estimate of drug-likeness (QED) is 0.753. The van der Waals surface area contributed by atoms with Gasteiger partial charge in [0.05, 0.1) is 15.2 Å². The highest BCUT2D eigenvalue weighted by Gasteiger charge is 2.06. The van der Waals surface area contributed by atoms with E-state index in [4.69, 9.17) is 0 Å². The first-order valence-electron chi connectivity index (χ1n) is 4.27. The standard InChI is InChI=1S/C10H10BrNS/c1-3-9-12-8-5-4-7(11)6(2)10(8)13-9/h4-5H,3H2,1-2H3. The van der Waals surface area contributed by atoms with Gasteiger partial charge in [0.2, 0.25) is 0 Å². The van der Waals surface area contributed by atoms with Crippen molar-refractivity contribution in [1.29, 1.82) is 0 Å². The van der Waals surface area contributed by atoms with Crippen LogP contribution in [0, 0.1) is 6.92 Å². The monoisotopic (exact) mass is 255 g/mol. The van der Waals surface area contributed by atoms with Gasteiger partial charge in [-0.1, -0.05) is 22.9 Å². The summed E-state index contributed by atoms with van der Waals surface area (Å²) in [5.74, 6) is 0. The van der Waals surface area contributed by atoms with E-state index in [0.717, 1.165) is 11.9 Å². The van der Waals surface area contributed by atoms with Crippen LogP contribution in [0.2, 0.25) is 0 Å². The number of rotatable bonds is 1. The number of nitrogens with zero attached hydrogens (tertiary/aromatic N) is 1. The van der Waals surface area contributed by atoms with Gasteiger partial charge in [-0.15, -0.1) is 11.3 Å². The van der Waals surface area contributed by atoms with Gasteiger partial charge in [0, 0.05) is 4.47 Å². The van der Waals surface area contributed by atoms with E-state index in [9.17, 15) is 0 Å². The molecule has 2 aromatic rings. The topological polar surface area (TPSA) is 12.9 Å². The van der Waals surface area contributed by atoms with Crippen molar-refractivity contribution in [3.8, 4) is 0 Å². The minimum absolute atomic E-state index is 1.02. The van der Waals surface area contributed by atoms with E-state index in [1.807, 2.05) is 0 Å². The molecule has 3 heteroatoms.